The monoisotopic (exact) mass is 492 g/mol. The van der Waals surface area contributed by atoms with Gasteiger partial charge in [0.05, 0.1) is 26.3 Å². The van der Waals surface area contributed by atoms with E-state index in [1.165, 1.54) is 4.90 Å². The standard InChI is InChI=1S/C27H25ClN2O5/c1-34-23-13-8-18(16-24(23)35-2)14-15-29(26(32)19-6-4-3-5-7-19)22-17-25(31)30(27(22)33)21-11-9-20(28)10-12-21/h3-13,16,22H,14-15,17H2,1-2H3/t22-/m1/s1. The van der Waals surface area contributed by atoms with Gasteiger partial charge < -0.3 is 14.4 Å². The van der Waals surface area contributed by atoms with Crippen molar-refractivity contribution < 1.29 is 23.9 Å². The molecule has 0 radical (unpaired) electrons. The third-order valence-corrected chi connectivity index (χ3v) is 6.21. The minimum Gasteiger partial charge on any atom is -0.493 e. The van der Waals surface area contributed by atoms with Gasteiger partial charge in [-0.15, -0.1) is 0 Å². The Kier molecular flexibility index (Phi) is 7.36. The van der Waals surface area contributed by atoms with Gasteiger partial charge in [0.15, 0.2) is 11.5 Å². The highest BCUT2D eigenvalue weighted by Crippen LogP contribution is 2.30. The molecule has 180 valence electrons. The minimum atomic E-state index is -0.911. The number of carbonyl (C=O) groups is 3. The highest BCUT2D eigenvalue weighted by atomic mass is 35.5. The van der Waals surface area contributed by atoms with E-state index in [-0.39, 0.29) is 24.8 Å². The summed E-state index contributed by atoms with van der Waals surface area (Å²) in [5.41, 5.74) is 1.78. The van der Waals surface area contributed by atoms with Crippen molar-refractivity contribution in [1.29, 1.82) is 0 Å². The molecule has 0 spiro atoms. The van der Waals surface area contributed by atoms with Gasteiger partial charge in [-0.25, -0.2) is 4.90 Å². The molecule has 0 aliphatic carbocycles. The van der Waals surface area contributed by atoms with E-state index in [1.807, 2.05) is 18.2 Å². The summed E-state index contributed by atoms with van der Waals surface area (Å²) in [6, 6.07) is 19.8. The molecule has 1 atom stereocenters. The van der Waals surface area contributed by atoms with Crippen molar-refractivity contribution in [2.24, 2.45) is 0 Å². The third-order valence-electron chi connectivity index (χ3n) is 5.95. The number of benzene rings is 3. The summed E-state index contributed by atoms with van der Waals surface area (Å²) in [5, 5.41) is 0.500. The van der Waals surface area contributed by atoms with E-state index in [2.05, 4.69) is 0 Å². The molecule has 0 saturated carbocycles. The lowest BCUT2D eigenvalue weighted by Gasteiger charge is -2.28. The number of hydrogen-bond donors (Lipinski definition) is 0. The second-order valence-corrected chi connectivity index (χ2v) is 8.50. The van der Waals surface area contributed by atoms with Crippen molar-refractivity contribution in [1.82, 2.24) is 4.90 Å². The van der Waals surface area contributed by atoms with E-state index in [0.717, 1.165) is 10.5 Å². The number of imide groups is 1. The van der Waals surface area contributed by atoms with Gasteiger partial charge in [-0.3, -0.25) is 14.4 Å². The van der Waals surface area contributed by atoms with Gasteiger partial charge in [-0.05, 0) is 60.5 Å². The lowest BCUT2D eigenvalue weighted by molar-refractivity contribution is -0.122. The fourth-order valence-corrected chi connectivity index (χ4v) is 4.28. The van der Waals surface area contributed by atoms with Crippen LogP contribution in [0.25, 0.3) is 0 Å². The molecule has 1 aliphatic rings. The molecule has 3 aromatic carbocycles. The fourth-order valence-electron chi connectivity index (χ4n) is 4.15. The van der Waals surface area contributed by atoms with Gasteiger partial charge in [0.25, 0.3) is 11.8 Å². The Morgan fingerprint density at radius 3 is 2.31 bits per heavy atom. The van der Waals surface area contributed by atoms with Gasteiger partial charge in [-0.1, -0.05) is 35.9 Å². The molecule has 3 amide bonds. The number of ether oxygens (including phenoxy) is 2. The van der Waals surface area contributed by atoms with Crippen molar-refractivity contribution in [3.05, 3.63) is 88.9 Å². The van der Waals surface area contributed by atoms with E-state index in [0.29, 0.717) is 34.2 Å². The molecule has 1 heterocycles. The summed E-state index contributed by atoms with van der Waals surface area (Å²) in [5.74, 6) is 0.0685. The summed E-state index contributed by atoms with van der Waals surface area (Å²) >= 11 is 5.96. The number of carbonyl (C=O) groups excluding carboxylic acids is 3. The second-order valence-electron chi connectivity index (χ2n) is 8.07. The smallest absolute Gasteiger partial charge is 0.257 e. The Morgan fingerprint density at radius 1 is 0.971 bits per heavy atom. The topological polar surface area (TPSA) is 76.2 Å². The van der Waals surface area contributed by atoms with Crippen LogP contribution in [-0.4, -0.2) is 49.4 Å². The number of hydrogen-bond acceptors (Lipinski definition) is 5. The van der Waals surface area contributed by atoms with Gasteiger partial charge in [0, 0.05) is 17.1 Å². The van der Waals surface area contributed by atoms with Crippen LogP contribution in [0.2, 0.25) is 5.02 Å². The van der Waals surface area contributed by atoms with Crippen molar-refractivity contribution in [2.75, 3.05) is 25.7 Å². The SMILES string of the molecule is COc1ccc(CCN(C(=O)c2ccccc2)[C@@H]2CC(=O)N(c3ccc(Cl)cc3)C2=O)cc1OC. The Morgan fingerprint density at radius 2 is 1.66 bits per heavy atom. The summed E-state index contributed by atoms with van der Waals surface area (Å²) in [4.78, 5) is 42.4. The van der Waals surface area contributed by atoms with Gasteiger partial charge in [0.1, 0.15) is 6.04 Å². The molecular formula is C27H25ClN2O5. The predicted molar refractivity (Wildman–Crippen MR) is 133 cm³/mol. The Balaban J connectivity index is 1.62. The highest BCUT2D eigenvalue weighted by Gasteiger charge is 2.44. The zero-order chi connectivity index (χ0) is 24.9. The van der Waals surface area contributed by atoms with Crippen LogP contribution >= 0.6 is 11.6 Å². The largest absolute Gasteiger partial charge is 0.493 e. The Labute approximate surface area is 208 Å². The van der Waals surface area contributed by atoms with E-state index in [1.54, 1.807) is 68.8 Å². The minimum absolute atomic E-state index is 0.0913. The van der Waals surface area contributed by atoms with Crippen LogP contribution in [0.1, 0.15) is 22.3 Å². The molecule has 0 aromatic heterocycles. The number of amides is 3. The zero-order valence-electron chi connectivity index (χ0n) is 19.4. The first kappa shape index (κ1) is 24.3. The van der Waals surface area contributed by atoms with Crippen LogP contribution in [0.15, 0.2) is 72.8 Å². The molecule has 1 saturated heterocycles. The highest BCUT2D eigenvalue weighted by molar-refractivity contribution is 6.31. The molecule has 0 bridgehead atoms. The van der Waals surface area contributed by atoms with Crippen LogP contribution in [0.4, 0.5) is 5.69 Å². The molecule has 35 heavy (non-hydrogen) atoms. The van der Waals surface area contributed by atoms with E-state index in [4.69, 9.17) is 21.1 Å². The molecule has 1 aliphatic heterocycles. The number of methoxy groups -OCH3 is 2. The summed E-state index contributed by atoms with van der Waals surface area (Å²) in [7, 11) is 3.12. The molecule has 0 unspecified atom stereocenters. The molecule has 3 aromatic rings. The molecule has 8 heteroatoms. The van der Waals surface area contributed by atoms with Crippen LogP contribution < -0.4 is 14.4 Å². The first-order valence-corrected chi connectivity index (χ1v) is 11.5. The van der Waals surface area contributed by atoms with E-state index < -0.39 is 11.9 Å². The molecule has 1 fully saturated rings. The zero-order valence-corrected chi connectivity index (χ0v) is 20.2. The van der Waals surface area contributed by atoms with Crippen molar-refractivity contribution >= 4 is 35.0 Å². The number of rotatable bonds is 8. The van der Waals surface area contributed by atoms with Crippen LogP contribution in [-0.2, 0) is 16.0 Å². The number of halogens is 1. The van der Waals surface area contributed by atoms with Crippen LogP contribution in [0, 0.1) is 0 Å². The first-order valence-electron chi connectivity index (χ1n) is 11.1. The van der Waals surface area contributed by atoms with Crippen molar-refractivity contribution in [2.45, 2.75) is 18.9 Å². The lowest BCUT2D eigenvalue weighted by atomic mass is 10.1. The maximum absolute atomic E-state index is 13.5. The summed E-state index contributed by atoms with van der Waals surface area (Å²) in [6.45, 7) is 0.237. The number of nitrogens with zero attached hydrogens (tertiary/aromatic N) is 2. The van der Waals surface area contributed by atoms with E-state index >= 15 is 0 Å². The van der Waals surface area contributed by atoms with Gasteiger partial charge in [0.2, 0.25) is 5.91 Å². The van der Waals surface area contributed by atoms with E-state index in [9.17, 15) is 14.4 Å². The summed E-state index contributed by atoms with van der Waals surface area (Å²) < 4.78 is 10.7. The van der Waals surface area contributed by atoms with Gasteiger partial charge >= 0.3 is 0 Å². The van der Waals surface area contributed by atoms with Gasteiger partial charge in [-0.2, -0.15) is 0 Å². The predicted octanol–water partition coefficient (Wildman–Crippen LogP) is 4.37. The number of anilines is 1. The first-order chi connectivity index (χ1) is 16.9. The second kappa shape index (κ2) is 10.6. The lowest BCUT2D eigenvalue weighted by Crippen LogP contribution is -2.46. The third kappa shape index (κ3) is 5.15. The fraction of sp³-hybridized carbons (Fsp3) is 0.222. The molecule has 7 nitrogen and oxygen atoms in total. The maximum atomic E-state index is 13.5. The quantitative estimate of drug-likeness (QED) is 0.436. The molecular weight excluding hydrogens is 468 g/mol. The Hall–Kier alpha value is -3.84. The van der Waals surface area contributed by atoms with Crippen LogP contribution in [0.5, 0.6) is 11.5 Å². The molecule has 0 N–H and O–H groups in total. The average Bonchev–Trinajstić information content (AvgIpc) is 3.18. The maximum Gasteiger partial charge on any atom is 0.257 e. The van der Waals surface area contributed by atoms with Crippen LogP contribution in [0.3, 0.4) is 0 Å². The van der Waals surface area contributed by atoms with Crippen molar-refractivity contribution in [3.63, 3.8) is 0 Å². The Bertz CT molecular complexity index is 1230. The summed E-state index contributed by atoms with van der Waals surface area (Å²) in [6.07, 6.45) is 0.365. The normalized spacial score (nSPS) is 15.3. The van der Waals surface area contributed by atoms with Crippen molar-refractivity contribution in [3.8, 4) is 11.5 Å². The molecule has 4 rings (SSSR count). The average molecular weight is 493 g/mol.